The monoisotopic (exact) mass is 219 g/mol. The van der Waals surface area contributed by atoms with Crippen LogP contribution >= 0.6 is 0 Å². The SMILES string of the molecule is CCOCC(=O)c1cccc2c1CCNC2. The molecule has 0 saturated carbocycles. The van der Waals surface area contributed by atoms with Crippen LogP contribution in [0.1, 0.15) is 28.4 Å². The molecule has 0 atom stereocenters. The van der Waals surface area contributed by atoms with Crippen LogP contribution < -0.4 is 5.32 Å². The third kappa shape index (κ3) is 2.31. The summed E-state index contributed by atoms with van der Waals surface area (Å²) in [5.74, 6) is 0.0978. The standard InChI is InChI=1S/C13H17NO2/c1-2-16-9-13(15)12-5-3-4-10-8-14-7-6-11(10)12/h3-5,14H,2,6-9H2,1H3. The van der Waals surface area contributed by atoms with E-state index in [4.69, 9.17) is 4.74 Å². The van der Waals surface area contributed by atoms with E-state index in [-0.39, 0.29) is 12.4 Å². The quantitative estimate of drug-likeness (QED) is 0.781. The molecule has 1 aromatic carbocycles. The van der Waals surface area contributed by atoms with E-state index in [1.165, 1.54) is 11.1 Å². The largest absolute Gasteiger partial charge is 0.374 e. The molecule has 3 nitrogen and oxygen atoms in total. The summed E-state index contributed by atoms with van der Waals surface area (Å²) in [6.45, 7) is 4.50. The molecule has 1 aliphatic heterocycles. The fourth-order valence-corrected chi connectivity index (χ4v) is 2.07. The van der Waals surface area contributed by atoms with Crippen molar-refractivity contribution in [1.82, 2.24) is 5.32 Å². The summed E-state index contributed by atoms with van der Waals surface area (Å²) >= 11 is 0. The number of ketones is 1. The molecular formula is C13H17NO2. The number of benzene rings is 1. The molecule has 0 saturated heterocycles. The predicted octanol–water partition coefficient (Wildman–Crippen LogP) is 1.55. The third-order valence-corrected chi connectivity index (χ3v) is 2.88. The first-order chi connectivity index (χ1) is 7.83. The molecule has 1 heterocycles. The molecule has 86 valence electrons. The Balaban J connectivity index is 2.23. The topological polar surface area (TPSA) is 38.3 Å². The van der Waals surface area contributed by atoms with Gasteiger partial charge in [-0.05, 0) is 31.0 Å². The van der Waals surface area contributed by atoms with Crippen molar-refractivity contribution < 1.29 is 9.53 Å². The molecule has 0 radical (unpaired) electrons. The van der Waals surface area contributed by atoms with E-state index in [1.54, 1.807) is 0 Å². The zero-order chi connectivity index (χ0) is 11.4. The lowest BCUT2D eigenvalue weighted by Crippen LogP contribution is -2.26. The fourth-order valence-electron chi connectivity index (χ4n) is 2.07. The molecule has 0 fully saturated rings. The predicted molar refractivity (Wildman–Crippen MR) is 62.7 cm³/mol. The molecular weight excluding hydrogens is 202 g/mol. The van der Waals surface area contributed by atoms with E-state index in [0.29, 0.717) is 6.61 Å². The Morgan fingerprint density at radius 1 is 1.50 bits per heavy atom. The van der Waals surface area contributed by atoms with Crippen molar-refractivity contribution in [3.8, 4) is 0 Å². The van der Waals surface area contributed by atoms with E-state index in [1.807, 2.05) is 19.1 Å². The van der Waals surface area contributed by atoms with Gasteiger partial charge in [-0.25, -0.2) is 0 Å². The molecule has 0 aliphatic carbocycles. The van der Waals surface area contributed by atoms with Crippen molar-refractivity contribution in [3.63, 3.8) is 0 Å². The minimum atomic E-state index is 0.0978. The molecule has 2 rings (SSSR count). The first kappa shape index (κ1) is 11.3. The summed E-state index contributed by atoms with van der Waals surface area (Å²) in [5, 5.41) is 3.31. The number of ether oxygens (including phenoxy) is 1. The van der Waals surface area contributed by atoms with Gasteiger partial charge >= 0.3 is 0 Å². The van der Waals surface area contributed by atoms with Crippen LogP contribution in [0.2, 0.25) is 0 Å². The van der Waals surface area contributed by atoms with Crippen LogP contribution in [0.3, 0.4) is 0 Å². The normalized spacial score (nSPS) is 14.6. The van der Waals surface area contributed by atoms with Gasteiger partial charge < -0.3 is 10.1 Å². The summed E-state index contributed by atoms with van der Waals surface area (Å²) in [7, 11) is 0. The van der Waals surface area contributed by atoms with Gasteiger partial charge in [-0.1, -0.05) is 18.2 Å². The number of carbonyl (C=O) groups excluding carboxylic acids is 1. The number of carbonyl (C=O) groups is 1. The van der Waals surface area contributed by atoms with Crippen LogP contribution in [0.25, 0.3) is 0 Å². The fraction of sp³-hybridized carbons (Fsp3) is 0.462. The Labute approximate surface area is 95.8 Å². The molecule has 1 N–H and O–H groups in total. The maximum Gasteiger partial charge on any atom is 0.188 e. The lowest BCUT2D eigenvalue weighted by Gasteiger charge is -2.19. The maximum absolute atomic E-state index is 11.9. The molecule has 1 aliphatic rings. The summed E-state index contributed by atoms with van der Waals surface area (Å²) < 4.78 is 5.18. The number of hydrogen-bond acceptors (Lipinski definition) is 3. The number of Topliss-reactive ketones (excluding diaryl/α,β-unsaturated/α-hetero) is 1. The molecule has 0 spiro atoms. The number of fused-ring (bicyclic) bond motifs is 1. The van der Waals surface area contributed by atoms with Crippen molar-refractivity contribution in [3.05, 3.63) is 34.9 Å². The van der Waals surface area contributed by atoms with Gasteiger partial charge in [0.25, 0.3) is 0 Å². The van der Waals surface area contributed by atoms with E-state index >= 15 is 0 Å². The zero-order valence-electron chi connectivity index (χ0n) is 9.58. The minimum absolute atomic E-state index is 0.0978. The van der Waals surface area contributed by atoms with E-state index in [2.05, 4.69) is 11.4 Å². The van der Waals surface area contributed by atoms with Crippen molar-refractivity contribution in [2.24, 2.45) is 0 Å². The minimum Gasteiger partial charge on any atom is -0.374 e. The summed E-state index contributed by atoms with van der Waals surface area (Å²) in [6, 6.07) is 5.94. The van der Waals surface area contributed by atoms with E-state index in [9.17, 15) is 4.79 Å². The Kier molecular flexibility index (Phi) is 3.70. The average Bonchev–Trinajstić information content (AvgIpc) is 2.35. The molecule has 0 bridgehead atoms. The molecule has 1 aromatic rings. The maximum atomic E-state index is 11.9. The van der Waals surface area contributed by atoms with Crippen LogP contribution in [-0.2, 0) is 17.7 Å². The summed E-state index contributed by atoms with van der Waals surface area (Å²) in [5.41, 5.74) is 3.28. The average molecular weight is 219 g/mol. The zero-order valence-corrected chi connectivity index (χ0v) is 9.58. The Bertz CT molecular complexity index is 388. The first-order valence-corrected chi connectivity index (χ1v) is 5.75. The molecule has 0 amide bonds. The second kappa shape index (κ2) is 5.23. The smallest absolute Gasteiger partial charge is 0.188 e. The highest BCUT2D eigenvalue weighted by molar-refractivity contribution is 5.98. The summed E-state index contributed by atoms with van der Waals surface area (Å²) in [6.07, 6.45) is 0.934. The number of rotatable bonds is 4. The number of hydrogen-bond donors (Lipinski definition) is 1. The van der Waals surface area contributed by atoms with Gasteiger partial charge in [-0.3, -0.25) is 4.79 Å². The van der Waals surface area contributed by atoms with Crippen LogP contribution in [0.15, 0.2) is 18.2 Å². The second-order valence-electron chi connectivity index (χ2n) is 3.93. The van der Waals surface area contributed by atoms with Crippen LogP contribution in [-0.4, -0.2) is 25.5 Å². The van der Waals surface area contributed by atoms with Crippen molar-refractivity contribution in [2.45, 2.75) is 19.9 Å². The highest BCUT2D eigenvalue weighted by Crippen LogP contribution is 2.19. The third-order valence-electron chi connectivity index (χ3n) is 2.88. The van der Waals surface area contributed by atoms with Crippen molar-refractivity contribution in [1.29, 1.82) is 0 Å². The lowest BCUT2D eigenvalue weighted by molar-refractivity contribution is 0.0782. The van der Waals surface area contributed by atoms with Gasteiger partial charge in [0, 0.05) is 18.7 Å². The van der Waals surface area contributed by atoms with Gasteiger partial charge in [-0.15, -0.1) is 0 Å². The highest BCUT2D eigenvalue weighted by Gasteiger charge is 2.16. The van der Waals surface area contributed by atoms with Gasteiger partial charge in [0.05, 0.1) is 0 Å². The lowest BCUT2D eigenvalue weighted by atomic mass is 9.93. The Morgan fingerprint density at radius 3 is 3.19 bits per heavy atom. The second-order valence-corrected chi connectivity index (χ2v) is 3.93. The molecule has 0 aromatic heterocycles. The van der Waals surface area contributed by atoms with Crippen LogP contribution in [0.5, 0.6) is 0 Å². The first-order valence-electron chi connectivity index (χ1n) is 5.75. The van der Waals surface area contributed by atoms with E-state index < -0.39 is 0 Å². The van der Waals surface area contributed by atoms with Crippen molar-refractivity contribution >= 4 is 5.78 Å². The highest BCUT2D eigenvalue weighted by atomic mass is 16.5. The van der Waals surface area contributed by atoms with Crippen molar-refractivity contribution in [2.75, 3.05) is 19.8 Å². The number of nitrogens with one attached hydrogen (secondary N) is 1. The van der Waals surface area contributed by atoms with E-state index in [0.717, 1.165) is 25.1 Å². The Morgan fingerprint density at radius 2 is 2.38 bits per heavy atom. The molecule has 16 heavy (non-hydrogen) atoms. The van der Waals surface area contributed by atoms with Gasteiger partial charge in [0.15, 0.2) is 5.78 Å². The molecule has 0 unspecified atom stereocenters. The Hall–Kier alpha value is -1.19. The van der Waals surface area contributed by atoms with Gasteiger partial charge in [-0.2, -0.15) is 0 Å². The summed E-state index contributed by atoms with van der Waals surface area (Å²) in [4.78, 5) is 11.9. The molecule has 3 heteroatoms. The van der Waals surface area contributed by atoms with Gasteiger partial charge in [0.2, 0.25) is 0 Å². The van der Waals surface area contributed by atoms with Crippen LogP contribution in [0.4, 0.5) is 0 Å². The van der Waals surface area contributed by atoms with Gasteiger partial charge in [0.1, 0.15) is 6.61 Å². The van der Waals surface area contributed by atoms with Crippen LogP contribution in [0, 0.1) is 0 Å².